The summed E-state index contributed by atoms with van der Waals surface area (Å²) in [6.07, 6.45) is 0. The SMILES string of the molecule is O=C(CN1CCN(Cc2ccc(F)cc2)C(=O)C1=O)N1CCN(c2cccc(Cl)c2)CC1. The number of nitrogens with zero attached hydrogens (tertiary/aromatic N) is 4. The van der Waals surface area contributed by atoms with Crippen molar-refractivity contribution in [3.05, 3.63) is 64.9 Å². The first-order valence-electron chi connectivity index (χ1n) is 10.5. The molecule has 0 unspecified atom stereocenters. The summed E-state index contributed by atoms with van der Waals surface area (Å²) in [6, 6.07) is 13.4. The second kappa shape index (κ2) is 9.56. The predicted molar refractivity (Wildman–Crippen MR) is 119 cm³/mol. The predicted octanol–water partition coefficient (Wildman–Crippen LogP) is 2.00. The Balaban J connectivity index is 1.28. The van der Waals surface area contributed by atoms with Gasteiger partial charge in [-0.05, 0) is 35.9 Å². The van der Waals surface area contributed by atoms with Gasteiger partial charge in [-0.25, -0.2) is 4.39 Å². The van der Waals surface area contributed by atoms with E-state index in [0.717, 1.165) is 11.3 Å². The van der Waals surface area contributed by atoms with Crippen LogP contribution in [0.5, 0.6) is 0 Å². The molecule has 2 heterocycles. The first-order valence-corrected chi connectivity index (χ1v) is 10.9. The number of benzene rings is 2. The van der Waals surface area contributed by atoms with Crippen LogP contribution in [0.2, 0.25) is 5.02 Å². The van der Waals surface area contributed by atoms with Crippen LogP contribution in [0.1, 0.15) is 5.56 Å². The summed E-state index contributed by atoms with van der Waals surface area (Å²) in [6.45, 7) is 3.17. The van der Waals surface area contributed by atoms with Gasteiger partial charge < -0.3 is 19.6 Å². The molecule has 2 aliphatic heterocycles. The van der Waals surface area contributed by atoms with Gasteiger partial charge in [0.2, 0.25) is 5.91 Å². The van der Waals surface area contributed by atoms with Crippen molar-refractivity contribution in [3.63, 3.8) is 0 Å². The molecule has 168 valence electrons. The summed E-state index contributed by atoms with van der Waals surface area (Å²) in [5.74, 6) is -1.83. The maximum absolute atomic E-state index is 13.1. The molecule has 7 nitrogen and oxygen atoms in total. The van der Waals surface area contributed by atoms with Crippen molar-refractivity contribution in [2.24, 2.45) is 0 Å². The van der Waals surface area contributed by atoms with Gasteiger partial charge in [-0.1, -0.05) is 29.8 Å². The van der Waals surface area contributed by atoms with E-state index in [1.54, 1.807) is 17.0 Å². The van der Waals surface area contributed by atoms with E-state index >= 15 is 0 Å². The van der Waals surface area contributed by atoms with E-state index in [9.17, 15) is 18.8 Å². The number of rotatable bonds is 5. The highest BCUT2D eigenvalue weighted by atomic mass is 35.5. The Hall–Kier alpha value is -3.13. The summed E-state index contributed by atoms with van der Waals surface area (Å²) >= 11 is 6.06. The molecule has 0 N–H and O–H groups in total. The van der Waals surface area contributed by atoms with Gasteiger partial charge in [0.25, 0.3) is 0 Å². The molecule has 0 spiro atoms. The van der Waals surface area contributed by atoms with Crippen molar-refractivity contribution in [2.75, 3.05) is 50.7 Å². The zero-order chi connectivity index (χ0) is 22.7. The summed E-state index contributed by atoms with van der Waals surface area (Å²) in [5.41, 5.74) is 1.76. The number of anilines is 1. The zero-order valence-electron chi connectivity index (χ0n) is 17.5. The van der Waals surface area contributed by atoms with Gasteiger partial charge in [-0.15, -0.1) is 0 Å². The molecule has 0 radical (unpaired) electrons. The third-order valence-corrected chi connectivity index (χ3v) is 6.05. The van der Waals surface area contributed by atoms with Crippen molar-refractivity contribution in [2.45, 2.75) is 6.54 Å². The van der Waals surface area contributed by atoms with Crippen LogP contribution >= 0.6 is 11.6 Å². The lowest BCUT2D eigenvalue weighted by molar-refractivity contribution is -0.158. The van der Waals surface area contributed by atoms with E-state index in [1.165, 1.54) is 21.9 Å². The molecule has 2 fully saturated rings. The Morgan fingerprint density at radius 2 is 1.53 bits per heavy atom. The van der Waals surface area contributed by atoms with Crippen molar-refractivity contribution in [3.8, 4) is 0 Å². The molecule has 2 aliphatic rings. The molecule has 2 aromatic carbocycles. The molecule has 0 atom stereocenters. The molecule has 9 heteroatoms. The summed E-state index contributed by atoms with van der Waals surface area (Å²) in [7, 11) is 0. The third-order valence-electron chi connectivity index (χ3n) is 5.82. The Morgan fingerprint density at radius 3 is 2.22 bits per heavy atom. The van der Waals surface area contributed by atoms with Gasteiger partial charge in [-0.3, -0.25) is 14.4 Å². The first-order chi connectivity index (χ1) is 15.4. The highest BCUT2D eigenvalue weighted by Gasteiger charge is 2.34. The van der Waals surface area contributed by atoms with Crippen LogP contribution in [-0.4, -0.2) is 78.2 Å². The topological polar surface area (TPSA) is 64.2 Å². The van der Waals surface area contributed by atoms with E-state index in [0.29, 0.717) is 44.3 Å². The molecule has 2 saturated heterocycles. The quantitative estimate of drug-likeness (QED) is 0.643. The molecule has 3 amide bonds. The zero-order valence-corrected chi connectivity index (χ0v) is 18.3. The van der Waals surface area contributed by atoms with Crippen molar-refractivity contribution < 1.29 is 18.8 Å². The standard InChI is InChI=1S/C23H24ClFN4O3/c24-18-2-1-3-20(14-18)26-8-10-27(11-9-26)21(30)16-29-13-12-28(22(31)23(29)32)15-17-4-6-19(25)7-5-17/h1-7,14H,8-13,15-16H2. The summed E-state index contributed by atoms with van der Waals surface area (Å²) < 4.78 is 13.1. The number of carbonyl (C=O) groups excluding carboxylic acids is 3. The minimum absolute atomic E-state index is 0.105. The van der Waals surface area contributed by atoms with E-state index in [-0.39, 0.29) is 24.8 Å². The van der Waals surface area contributed by atoms with Crippen LogP contribution in [0.4, 0.5) is 10.1 Å². The molecule has 0 saturated carbocycles. The normalized spacial score (nSPS) is 17.2. The van der Waals surface area contributed by atoms with Crippen LogP contribution < -0.4 is 4.90 Å². The summed E-state index contributed by atoms with van der Waals surface area (Å²) in [5, 5.41) is 0.669. The fourth-order valence-corrected chi connectivity index (χ4v) is 4.16. The van der Waals surface area contributed by atoms with Crippen molar-refractivity contribution >= 4 is 35.0 Å². The second-order valence-corrected chi connectivity index (χ2v) is 8.36. The highest BCUT2D eigenvalue weighted by Crippen LogP contribution is 2.21. The van der Waals surface area contributed by atoms with E-state index in [1.807, 2.05) is 24.3 Å². The van der Waals surface area contributed by atoms with Crippen LogP contribution in [0.25, 0.3) is 0 Å². The monoisotopic (exact) mass is 458 g/mol. The fraction of sp³-hybridized carbons (Fsp3) is 0.348. The number of halogens is 2. The third kappa shape index (κ3) is 5.02. The number of carbonyl (C=O) groups is 3. The summed E-state index contributed by atoms with van der Waals surface area (Å²) in [4.78, 5) is 44.4. The number of hydrogen-bond acceptors (Lipinski definition) is 4. The van der Waals surface area contributed by atoms with Gasteiger partial charge in [0.05, 0.1) is 0 Å². The maximum Gasteiger partial charge on any atom is 0.312 e. The molecule has 32 heavy (non-hydrogen) atoms. The Morgan fingerprint density at radius 1 is 0.875 bits per heavy atom. The average Bonchev–Trinajstić information content (AvgIpc) is 2.80. The molecule has 4 rings (SSSR count). The lowest BCUT2D eigenvalue weighted by Gasteiger charge is -2.38. The van der Waals surface area contributed by atoms with Crippen LogP contribution in [0.15, 0.2) is 48.5 Å². The maximum atomic E-state index is 13.1. The van der Waals surface area contributed by atoms with Crippen LogP contribution in [0.3, 0.4) is 0 Å². The molecular weight excluding hydrogens is 435 g/mol. The highest BCUT2D eigenvalue weighted by molar-refractivity contribution is 6.35. The molecule has 0 aromatic heterocycles. The number of hydrogen-bond donors (Lipinski definition) is 0. The molecular formula is C23H24ClFN4O3. The Kier molecular flexibility index (Phi) is 6.60. The van der Waals surface area contributed by atoms with Gasteiger partial charge in [-0.2, -0.15) is 0 Å². The van der Waals surface area contributed by atoms with E-state index in [4.69, 9.17) is 11.6 Å². The minimum atomic E-state index is -0.677. The number of amides is 3. The Bertz CT molecular complexity index is 1010. The largest absolute Gasteiger partial charge is 0.368 e. The van der Waals surface area contributed by atoms with Gasteiger partial charge in [0.15, 0.2) is 0 Å². The van der Waals surface area contributed by atoms with Gasteiger partial charge >= 0.3 is 11.8 Å². The Labute approximate surface area is 190 Å². The lowest BCUT2D eigenvalue weighted by atomic mass is 10.2. The van der Waals surface area contributed by atoms with Crippen LogP contribution in [-0.2, 0) is 20.9 Å². The molecule has 0 bridgehead atoms. The van der Waals surface area contributed by atoms with Crippen molar-refractivity contribution in [1.29, 1.82) is 0 Å². The second-order valence-electron chi connectivity index (χ2n) is 7.93. The van der Waals surface area contributed by atoms with Crippen LogP contribution in [0, 0.1) is 5.82 Å². The lowest BCUT2D eigenvalue weighted by Crippen LogP contribution is -2.57. The smallest absolute Gasteiger partial charge is 0.312 e. The van der Waals surface area contributed by atoms with E-state index in [2.05, 4.69) is 4.90 Å². The average molecular weight is 459 g/mol. The first kappa shape index (κ1) is 22.1. The van der Waals surface area contributed by atoms with E-state index < -0.39 is 11.8 Å². The molecule has 2 aromatic rings. The molecule has 0 aliphatic carbocycles. The van der Waals surface area contributed by atoms with Gasteiger partial charge in [0, 0.05) is 56.5 Å². The fourth-order valence-electron chi connectivity index (χ4n) is 3.98. The minimum Gasteiger partial charge on any atom is -0.368 e. The van der Waals surface area contributed by atoms with Crippen molar-refractivity contribution in [1.82, 2.24) is 14.7 Å². The number of piperazine rings is 2. The van der Waals surface area contributed by atoms with Gasteiger partial charge in [0.1, 0.15) is 12.4 Å².